The fourth-order valence-corrected chi connectivity index (χ4v) is 5.41. The van der Waals surface area contributed by atoms with Crippen LogP contribution in [0.25, 0.3) is 11.1 Å². The van der Waals surface area contributed by atoms with E-state index in [-0.39, 0.29) is 5.56 Å². The maximum atomic E-state index is 13.9. The van der Waals surface area contributed by atoms with Crippen LogP contribution in [0.4, 0.5) is 27.6 Å². The van der Waals surface area contributed by atoms with Crippen LogP contribution >= 0.6 is 11.3 Å². The Morgan fingerprint density at radius 3 is 2.41 bits per heavy atom. The van der Waals surface area contributed by atoms with E-state index < -0.39 is 34.2 Å². The highest BCUT2D eigenvalue weighted by Crippen LogP contribution is 2.48. The normalized spacial score (nSPS) is 13.7. The van der Waals surface area contributed by atoms with Crippen molar-refractivity contribution in [3.63, 3.8) is 0 Å². The van der Waals surface area contributed by atoms with E-state index in [2.05, 4.69) is 5.32 Å². The molecule has 0 atom stereocenters. The average molecular weight is 465 g/mol. The number of carbonyl (C=O) groups excluding carboxylic acids is 1. The van der Waals surface area contributed by atoms with Crippen molar-refractivity contribution in [2.75, 3.05) is 5.32 Å². The smallest absolute Gasteiger partial charge is 0.322 e. The van der Waals surface area contributed by atoms with E-state index in [4.69, 9.17) is 0 Å². The van der Waals surface area contributed by atoms with Gasteiger partial charge in [-0.1, -0.05) is 19.1 Å². The highest BCUT2D eigenvalue weighted by Gasteiger charge is 2.39. The summed E-state index contributed by atoms with van der Waals surface area (Å²) in [6.07, 6.45) is -1.08. The average Bonchev–Trinajstić information content (AvgIpc) is 3.14. The second kappa shape index (κ2) is 8.65. The van der Waals surface area contributed by atoms with Crippen molar-refractivity contribution in [2.45, 2.75) is 45.2 Å². The van der Waals surface area contributed by atoms with Crippen LogP contribution in [0.15, 0.2) is 36.4 Å². The summed E-state index contributed by atoms with van der Waals surface area (Å²) in [6.45, 7) is 1.80. The summed E-state index contributed by atoms with van der Waals surface area (Å²) in [5.74, 6) is -2.93. The van der Waals surface area contributed by atoms with E-state index in [1.165, 1.54) is 12.1 Å². The molecule has 1 amide bonds. The van der Waals surface area contributed by atoms with Crippen molar-refractivity contribution < 1.29 is 26.7 Å². The van der Waals surface area contributed by atoms with Gasteiger partial charge >= 0.3 is 6.18 Å². The number of anilines is 1. The number of carbonyl (C=O) groups is 1. The molecule has 0 spiro atoms. The van der Waals surface area contributed by atoms with Crippen LogP contribution in [-0.4, -0.2) is 5.91 Å². The Kier molecular flexibility index (Phi) is 6.07. The van der Waals surface area contributed by atoms with Crippen molar-refractivity contribution in [2.24, 2.45) is 0 Å². The molecule has 2 aromatic carbocycles. The van der Waals surface area contributed by atoms with E-state index in [9.17, 15) is 26.7 Å². The van der Waals surface area contributed by atoms with Crippen molar-refractivity contribution in [1.82, 2.24) is 0 Å². The van der Waals surface area contributed by atoms with Crippen molar-refractivity contribution in [3.05, 3.63) is 74.5 Å². The highest BCUT2D eigenvalue weighted by atomic mass is 32.1. The molecule has 0 radical (unpaired) electrons. The number of aryl methyl sites for hydroxylation is 2. The van der Waals surface area contributed by atoms with Gasteiger partial charge in [0.15, 0.2) is 0 Å². The van der Waals surface area contributed by atoms with Crippen LogP contribution in [0.1, 0.15) is 51.0 Å². The lowest BCUT2D eigenvalue weighted by Gasteiger charge is -2.16. The Balaban J connectivity index is 1.74. The molecule has 0 saturated heterocycles. The Hall–Kier alpha value is -2.74. The van der Waals surface area contributed by atoms with Gasteiger partial charge in [0.1, 0.15) is 22.1 Å². The first-order chi connectivity index (χ1) is 15.2. The highest BCUT2D eigenvalue weighted by molar-refractivity contribution is 7.12. The number of nitrogens with one attached hydrogen (secondary N) is 1. The summed E-state index contributed by atoms with van der Waals surface area (Å²) in [7, 11) is 0. The lowest BCUT2D eigenvalue weighted by molar-refractivity contribution is -0.133. The first-order valence-electron chi connectivity index (χ1n) is 10.3. The van der Waals surface area contributed by atoms with Gasteiger partial charge < -0.3 is 5.32 Å². The van der Waals surface area contributed by atoms with Gasteiger partial charge in [-0.2, -0.15) is 13.2 Å². The summed E-state index contributed by atoms with van der Waals surface area (Å²) in [5, 5.41) is 2.50. The number of alkyl halides is 3. The van der Waals surface area contributed by atoms with Crippen LogP contribution in [0.2, 0.25) is 0 Å². The number of benzene rings is 2. The van der Waals surface area contributed by atoms with E-state index in [1.54, 1.807) is 13.0 Å². The molecule has 32 heavy (non-hydrogen) atoms. The third-order valence-corrected chi connectivity index (χ3v) is 6.98. The quantitative estimate of drug-likeness (QED) is 0.400. The van der Waals surface area contributed by atoms with E-state index >= 15 is 0 Å². The van der Waals surface area contributed by atoms with Gasteiger partial charge in [0.25, 0.3) is 5.91 Å². The summed E-state index contributed by atoms with van der Waals surface area (Å²) in [5.41, 5.74) is 1.58. The number of halogens is 5. The van der Waals surface area contributed by atoms with Gasteiger partial charge in [-0.3, -0.25) is 4.79 Å². The zero-order chi connectivity index (χ0) is 23.0. The first-order valence-corrected chi connectivity index (χ1v) is 11.1. The Morgan fingerprint density at radius 1 is 1.06 bits per heavy atom. The maximum Gasteiger partial charge on any atom is 0.426 e. The van der Waals surface area contributed by atoms with Gasteiger partial charge in [0.05, 0.1) is 0 Å². The first kappa shape index (κ1) is 22.5. The molecule has 1 N–H and O–H groups in total. The number of amides is 1. The SMILES string of the molecule is CCc1cc(-c2c(C(F)(F)F)sc3c2CCCC3)ccc1NC(=O)c1c(F)cccc1F. The van der Waals surface area contributed by atoms with Gasteiger partial charge in [0.2, 0.25) is 0 Å². The molecule has 168 valence electrons. The molecule has 0 aliphatic heterocycles. The number of rotatable bonds is 4. The zero-order valence-corrected chi connectivity index (χ0v) is 18.0. The monoisotopic (exact) mass is 465 g/mol. The molecule has 1 aliphatic carbocycles. The minimum atomic E-state index is -4.46. The van der Waals surface area contributed by atoms with Gasteiger partial charge in [-0.25, -0.2) is 8.78 Å². The number of fused-ring (bicyclic) bond motifs is 1. The third kappa shape index (κ3) is 4.16. The number of hydrogen-bond donors (Lipinski definition) is 1. The van der Waals surface area contributed by atoms with Crippen LogP contribution in [0.3, 0.4) is 0 Å². The maximum absolute atomic E-state index is 13.9. The van der Waals surface area contributed by atoms with Crippen LogP contribution in [-0.2, 0) is 25.4 Å². The third-order valence-electron chi connectivity index (χ3n) is 5.64. The van der Waals surface area contributed by atoms with Crippen LogP contribution < -0.4 is 5.32 Å². The minimum Gasteiger partial charge on any atom is -0.322 e. The lowest BCUT2D eigenvalue weighted by atomic mass is 9.90. The predicted octanol–water partition coefficient (Wildman–Crippen LogP) is 7.41. The molecule has 8 heteroatoms. The van der Waals surface area contributed by atoms with Gasteiger partial charge in [-0.15, -0.1) is 11.3 Å². The van der Waals surface area contributed by atoms with E-state index in [0.717, 1.165) is 52.8 Å². The standard InChI is InChI=1S/C24H20F5NOS/c1-2-13-12-14(20-15-6-3-4-9-19(15)32-22(20)24(27,28)29)10-11-18(13)30-23(31)21-16(25)7-5-8-17(21)26/h5,7-8,10-12H,2-4,6,9H2,1H3,(H,30,31). The zero-order valence-electron chi connectivity index (χ0n) is 17.2. The second-order valence-electron chi connectivity index (χ2n) is 7.69. The summed E-state index contributed by atoms with van der Waals surface area (Å²) in [4.78, 5) is 12.7. The van der Waals surface area contributed by atoms with E-state index in [0.29, 0.717) is 36.1 Å². The van der Waals surface area contributed by atoms with E-state index in [1.807, 2.05) is 0 Å². The van der Waals surface area contributed by atoms with Gasteiger partial charge in [-0.05, 0) is 73.1 Å². The Bertz CT molecular complexity index is 1160. The Morgan fingerprint density at radius 2 is 1.75 bits per heavy atom. The molecular formula is C24H20F5NOS. The molecule has 1 aliphatic rings. The number of thiophene rings is 1. The lowest BCUT2D eigenvalue weighted by Crippen LogP contribution is -2.17. The van der Waals surface area contributed by atoms with Crippen molar-refractivity contribution in [1.29, 1.82) is 0 Å². The molecule has 0 fully saturated rings. The molecule has 0 bridgehead atoms. The molecular weight excluding hydrogens is 445 g/mol. The number of hydrogen-bond acceptors (Lipinski definition) is 2. The minimum absolute atomic E-state index is 0.213. The molecule has 1 aromatic heterocycles. The molecule has 3 aromatic rings. The van der Waals surface area contributed by atoms with Crippen molar-refractivity contribution in [3.8, 4) is 11.1 Å². The second-order valence-corrected chi connectivity index (χ2v) is 8.79. The van der Waals surface area contributed by atoms with Crippen molar-refractivity contribution >= 4 is 22.9 Å². The molecule has 0 saturated carbocycles. The molecule has 2 nitrogen and oxygen atoms in total. The summed E-state index contributed by atoms with van der Waals surface area (Å²) in [6, 6.07) is 7.78. The summed E-state index contributed by atoms with van der Waals surface area (Å²) < 4.78 is 69.3. The van der Waals surface area contributed by atoms with Crippen LogP contribution in [0.5, 0.6) is 0 Å². The Labute approximate surface area is 186 Å². The largest absolute Gasteiger partial charge is 0.426 e. The fourth-order valence-electron chi connectivity index (χ4n) is 4.13. The molecule has 0 unspecified atom stereocenters. The van der Waals surface area contributed by atoms with Gasteiger partial charge in [0, 0.05) is 16.1 Å². The topological polar surface area (TPSA) is 29.1 Å². The molecule has 1 heterocycles. The predicted molar refractivity (Wildman–Crippen MR) is 115 cm³/mol. The van der Waals surface area contributed by atoms with Crippen LogP contribution in [0, 0.1) is 11.6 Å². The summed E-state index contributed by atoms with van der Waals surface area (Å²) >= 11 is 0.814. The molecule has 4 rings (SSSR count). The fraction of sp³-hybridized carbons (Fsp3) is 0.292.